The fourth-order valence-corrected chi connectivity index (χ4v) is 3.69. The zero-order valence-corrected chi connectivity index (χ0v) is 17.5. The van der Waals surface area contributed by atoms with Crippen molar-refractivity contribution in [2.75, 3.05) is 19.1 Å². The topological polar surface area (TPSA) is 46.0 Å². The fraction of sp³-hybridized carbons (Fsp3) is 0.545. The minimum Gasteiger partial charge on any atom is -0.327 e. The van der Waals surface area contributed by atoms with Gasteiger partial charge in [0.25, 0.3) is 0 Å². The van der Waals surface area contributed by atoms with Crippen molar-refractivity contribution in [3.63, 3.8) is 0 Å². The summed E-state index contributed by atoms with van der Waals surface area (Å²) in [5.41, 5.74) is 8.71. The van der Waals surface area contributed by atoms with Crippen LogP contribution in [-0.2, 0) is 13.0 Å². The predicted molar refractivity (Wildman–Crippen MR) is 115 cm³/mol. The Labute approximate surface area is 162 Å². The van der Waals surface area contributed by atoms with Crippen LogP contribution in [0, 0.1) is 6.92 Å². The summed E-state index contributed by atoms with van der Waals surface area (Å²) in [5.74, 6) is 1.22. The number of pyridine rings is 1. The summed E-state index contributed by atoms with van der Waals surface area (Å²) in [7, 11) is 3.97. The van der Waals surface area contributed by atoms with Gasteiger partial charge in [-0.05, 0) is 38.0 Å². The van der Waals surface area contributed by atoms with Gasteiger partial charge in [0.1, 0.15) is 11.3 Å². The van der Waals surface area contributed by atoms with E-state index < -0.39 is 0 Å². The number of hydrogen-bond donors (Lipinski definition) is 1. The third kappa shape index (κ3) is 3.93. The van der Waals surface area contributed by atoms with Crippen molar-refractivity contribution in [2.24, 2.45) is 0 Å². The molecule has 2 aromatic heterocycles. The molecule has 0 fully saturated rings. The molecule has 0 unspecified atom stereocenters. The number of anilines is 1. The number of unbranched alkanes of at least 4 members (excludes halogenated alkanes) is 3. The fourth-order valence-electron chi connectivity index (χ4n) is 3.69. The number of fused-ring (bicyclic) bond motifs is 3. The van der Waals surface area contributed by atoms with E-state index in [-0.39, 0.29) is 0 Å². The van der Waals surface area contributed by atoms with E-state index in [1.807, 2.05) is 19.1 Å². The molecule has 0 radical (unpaired) electrons. The molecule has 3 aromatic rings. The van der Waals surface area contributed by atoms with E-state index in [1.165, 1.54) is 48.8 Å². The average Bonchev–Trinajstić information content (AvgIpc) is 3.05. The van der Waals surface area contributed by atoms with E-state index in [4.69, 9.17) is 9.97 Å². The van der Waals surface area contributed by atoms with E-state index in [2.05, 4.69) is 49.0 Å². The van der Waals surface area contributed by atoms with Crippen LogP contribution in [0.3, 0.4) is 0 Å². The second-order valence-electron chi connectivity index (χ2n) is 7.37. The van der Waals surface area contributed by atoms with Gasteiger partial charge in [-0.2, -0.15) is 0 Å². The number of rotatable bonds is 9. The van der Waals surface area contributed by atoms with Gasteiger partial charge in [0.15, 0.2) is 0 Å². The Hall–Kier alpha value is -2.14. The Balaban J connectivity index is 2.23. The zero-order chi connectivity index (χ0) is 19.4. The second-order valence-corrected chi connectivity index (χ2v) is 7.37. The van der Waals surface area contributed by atoms with Crippen LogP contribution in [0.25, 0.3) is 21.9 Å². The van der Waals surface area contributed by atoms with E-state index in [9.17, 15) is 0 Å². The largest absolute Gasteiger partial charge is 0.327 e. The first-order valence-corrected chi connectivity index (χ1v) is 10.3. The molecule has 3 rings (SSSR count). The number of hydrogen-bond acceptors (Lipinski definition) is 4. The van der Waals surface area contributed by atoms with Gasteiger partial charge >= 0.3 is 0 Å². The normalized spacial score (nSPS) is 11.6. The molecule has 0 aliphatic carbocycles. The molecule has 0 saturated carbocycles. The number of imidazole rings is 1. The maximum absolute atomic E-state index is 5.04. The molecule has 0 saturated heterocycles. The summed E-state index contributed by atoms with van der Waals surface area (Å²) < 4.78 is 2.47. The Morgan fingerprint density at radius 1 is 1.07 bits per heavy atom. The summed E-state index contributed by atoms with van der Waals surface area (Å²) in [4.78, 5) is 9.89. The van der Waals surface area contributed by atoms with Crippen LogP contribution in [0.4, 0.5) is 5.69 Å². The number of hydrazine groups is 1. The summed E-state index contributed by atoms with van der Waals surface area (Å²) in [6, 6.07) is 6.48. The lowest BCUT2D eigenvalue weighted by Gasteiger charge is -2.18. The van der Waals surface area contributed by atoms with Crippen molar-refractivity contribution >= 4 is 27.6 Å². The van der Waals surface area contributed by atoms with Crippen LogP contribution in [0.1, 0.15) is 57.5 Å². The molecule has 27 heavy (non-hydrogen) atoms. The van der Waals surface area contributed by atoms with Crippen molar-refractivity contribution in [1.29, 1.82) is 0 Å². The molecule has 0 aliphatic heterocycles. The molecule has 2 heterocycles. The SMILES string of the molecule is CCCCCn1c(CCCC)nc2c(C)nc3ccc(N(C)NC)cc3c21. The van der Waals surface area contributed by atoms with Crippen LogP contribution < -0.4 is 10.4 Å². The summed E-state index contributed by atoms with van der Waals surface area (Å²) in [6.07, 6.45) is 7.08. The third-order valence-corrected chi connectivity index (χ3v) is 5.37. The summed E-state index contributed by atoms with van der Waals surface area (Å²) in [6.45, 7) is 7.62. The van der Waals surface area contributed by atoms with E-state index in [1.54, 1.807) is 0 Å². The molecular formula is C22H33N5. The first-order chi connectivity index (χ1) is 13.1. The van der Waals surface area contributed by atoms with Gasteiger partial charge < -0.3 is 9.58 Å². The highest BCUT2D eigenvalue weighted by atomic mass is 15.5. The molecule has 5 heteroatoms. The lowest BCUT2D eigenvalue weighted by Crippen LogP contribution is -2.30. The highest BCUT2D eigenvalue weighted by Gasteiger charge is 2.17. The summed E-state index contributed by atoms with van der Waals surface area (Å²) >= 11 is 0. The average molecular weight is 368 g/mol. The highest BCUT2D eigenvalue weighted by Crippen LogP contribution is 2.30. The summed E-state index contributed by atoms with van der Waals surface area (Å²) in [5, 5.41) is 3.22. The first kappa shape index (κ1) is 19.6. The molecule has 0 spiro atoms. The van der Waals surface area contributed by atoms with Crippen LogP contribution in [0.2, 0.25) is 0 Å². The lowest BCUT2D eigenvalue weighted by molar-refractivity contribution is 0.584. The standard InChI is InChI=1S/C22H33N5/c1-6-8-10-14-27-20(11-9-7-2)25-21-16(3)24-19-13-12-17(26(5)23-4)15-18(19)22(21)27/h12-13,15,23H,6-11,14H2,1-5H3. The number of aromatic nitrogens is 3. The monoisotopic (exact) mass is 367 g/mol. The maximum Gasteiger partial charge on any atom is 0.111 e. The highest BCUT2D eigenvalue weighted by molar-refractivity contribution is 6.04. The first-order valence-electron chi connectivity index (χ1n) is 10.3. The Kier molecular flexibility index (Phi) is 6.32. The minimum absolute atomic E-state index is 1.03. The Bertz CT molecular complexity index is 912. The van der Waals surface area contributed by atoms with Gasteiger partial charge in [-0.15, -0.1) is 0 Å². The van der Waals surface area contributed by atoms with Crippen molar-refractivity contribution in [1.82, 2.24) is 20.0 Å². The van der Waals surface area contributed by atoms with Crippen LogP contribution in [0.15, 0.2) is 18.2 Å². The third-order valence-electron chi connectivity index (χ3n) is 5.37. The van der Waals surface area contributed by atoms with Crippen LogP contribution in [-0.4, -0.2) is 28.6 Å². The molecule has 1 N–H and O–H groups in total. The van der Waals surface area contributed by atoms with Crippen molar-refractivity contribution in [3.05, 3.63) is 29.7 Å². The van der Waals surface area contributed by atoms with Crippen LogP contribution in [0.5, 0.6) is 0 Å². The van der Waals surface area contributed by atoms with E-state index in [0.717, 1.165) is 35.4 Å². The van der Waals surface area contributed by atoms with Crippen molar-refractivity contribution in [2.45, 2.75) is 65.8 Å². The maximum atomic E-state index is 5.04. The van der Waals surface area contributed by atoms with Gasteiger partial charge in [0.2, 0.25) is 0 Å². The van der Waals surface area contributed by atoms with Gasteiger partial charge in [-0.3, -0.25) is 4.98 Å². The number of aryl methyl sites for hydroxylation is 3. The number of benzene rings is 1. The van der Waals surface area contributed by atoms with Gasteiger partial charge in [0.05, 0.1) is 22.4 Å². The second kappa shape index (κ2) is 8.70. The minimum atomic E-state index is 1.03. The molecule has 0 atom stereocenters. The smallest absolute Gasteiger partial charge is 0.111 e. The molecule has 1 aromatic carbocycles. The van der Waals surface area contributed by atoms with Crippen molar-refractivity contribution < 1.29 is 0 Å². The molecular weight excluding hydrogens is 334 g/mol. The molecule has 0 amide bonds. The Morgan fingerprint density at radius 2 is 1.85 bits per heavy atom. The molecule has 0 aliphatic rings. The van der Waals surface area contributed by atoms with Gasteiger partial charge in [-0.1, -0.05) is 33.1 Å². The predicted octanol–water partition coefficient (Wildman–Crippen LogP) is 5.00. The zero-order valence-electron chi connectivity index (χ0n) is 17.5. The van der Waals surface area contributed by atoms with Crippen molar-refractivity contribution in [3.8, 4) is 0 Å². The molecule has 0 bridgehead atoms. The molecule has 5 nitrogen and oxygen atoms in total. The lowest BCUT2D eigenvalue weighted by atomic mass is 10.1. The quantitative estimate of drug-likeness (QED) is 0.427. The number of nitrogens with one attached hydrogen (secondary N) is 1. The number of nitrogens with zero attached hydrogens (tertiary/aromatic N) is 4. The molecule has 146 valence electrons. The van der Waals surface area contributed by atoms with E-state index in [0.29, 0.717) is 0 Å². The van der Waals surface area contributed by atoms with Gasteiger partial charge in [0, 0.05) is 32.4 Å². The van der Waals surface area contributed by atoms with Gasteiger partial charge in [-0.25, -0.2) is 10.4 Å². The van der Waals surface area contributed by atoms with Crippen LogP contribution >= 0.6 is 0 Å². The Morgan fingerprint density at radius 3 is 2.56 bits per heavy atom. The van der Waals surface area contributed by atoms with E-state index >= 15 is 0 Å².